The zero-order chi connectivity index (χ0) is 18.9. The van der Waals surface area contributed by atoms with Crippen LogP contribution < -0.4 is 16.4 Å². The van der Waals surface area contributed by atoms with Crippen molar-refractivity contribution in [1.82, 2.24) is 15.2 Å². The number of nitrogens with zero attached hydrogens (tertiary/aromatic N) is 3. The summed E-state index contributed by atoms with van der Waals surface area (Å²) in [5, 5.41) is 6.05. The van der Waals surface area contributed by atoms with Crippen molar-refractivity contribution in [3.8, 4) is 0 Å². The summed E-state index contributed by atoms with van der Waals surface area (Å²) < 4.78 is 0. The Labute approximate surface area is 182 Å². The third kappa shape index (κ3) is 6.99. The monoisotopic (exact) mass is 494 g/mol. The Morgan fingerprint density at radius 1 is 1.18 bits per heavy atom. The zero-order valence-corrected chi connectivity index (χ0v) is 18.1. The molecular weight excluding hydrogens is 467 g/mol. The molecule has 2 aromatic rings. The number of urea groups is 1. The molecule has 28 heavy (non-hydrogen) atoms. The van der Waals surface area contributed by atoms with Gasteiger partial charge in [0.25, 0.3) is 0 Å². The second-order valence-corrected chi connectivity index (χ2v) is 6.52. The summed E-state index contributed by atoms with van der Waals surface area (Å²) in [5.41, 5.74) is 8.71. The quantitative estimate of drug-likeness (QED) is 0.327. The third-order valence-corrected chi connectivity index (χ3v) is 4.42. The van der Waals surface area contributed by atoms with Gasteiger partial charge in [-0.1, -0.05) is 18.2 Å². The van der Waals surface area contributed by atoms with Crippen LogP contribution in [-0.4, -0.2) is 41.5 Å². The summed E-state index contributed by atoms with van der Waals surface area (Å²) in [6.07, 6.45) is 4.72. The molecule has 1 fully saturated rings. The van der Waals surface area contributed by atoms with Crippen LogP contribution in [0.3, 0.4) is 0 Å². The van der Waals surface area contributed by atoms with Crippen molar-refractivity contribution in [2.24, 2.45) is 10.7 Å². The lowest BCUT2D eigenvalue weighted by Crippen LogP contribution is -2.33. The Morgan fingerprint density at radius 3 is 2.75 bits per heavy atom. The van der Waals surface area contributed by atoms with Crippen molar-refractivity contribution in [2.75, 3.05) is 25.0 Å². The van der Waals surface area contributed by atoms with Gasteiger partial charge < -0.3 is 21.3 Å². The van der Waals surface area contributed by atoms with E-state index < -0.39 is 0 Å². The first kappa shape index (κ1) is 21.9. The molecule has 0 radical (unpaired) electrons. The highest BCUT2D eigenvalue weighted by Crippen LogP contribution is 2.14. The number of guanidine groups is 1. The van der Waals surface area contributed by atoms with Crippen LogP contribution in [0.15, 0.2) is 53.7 Å². The summed E-state index contributed by atoms with van der Waals surface area (Å²) in [7, 11) is 0. The van der Waals surface area contributed by atoms with Crippen molar-refractivity contribution in [3.05, 3.63) is 59.9 Å². The van der Waals surface area contributed by atoms with Crippen molar-refractivity contribution in [3.63, 3.8) is 0 Å². The maximum absolute atomic E-state index is 12.2. The summed E-state index contributed by atoms with van der Waals surface area (Å²) >= 11 is 0. The largest absolute Gasteiger partial charge is 0.370 e. The molecule has 0 unspecified atom stereocenters. The van der Waals surface area contributed by atoms with Crippen molar-refractivity contribution in [1.29, 1.82) is 0 Å². The molecule has 0 aliphatic carbocycles. The van der Waals surface area contributed by atoms with Crippen LogP contribution in [-0.2, 0) is 13.0 Å². The molecule has 1 saturated heterocycles. The van der Waals surface area contributed by atoms with Gasteiger partial charge in [-0.25, -0.2) is 9.79 Å². The molecule has 4 N–H and O–H groups in total. The number of anilines is 1. The first-order valence-corrected chi connectivity index (χ1v) is 9.29. The minimum Gasteiger partial charge on any atom is -0.370 e. The number of nitrogens with one attached hydrogen (secondary N) is 2. The molecule has 150 valence electrons. The Morgan fingerprint density at radius 2 is 2.00 bits per heavy atom. The van der Waals surface area contributed by atoms with Gasteiger partial charge in [0.05, 0.1) is 6.54 Å². The number of carbonyl (C=O) groups excluding carboxylic acids is 1. The van der Waals surface area contributed by atoms with E-state index in [-0.39, 0.29) is 30.0 Å². The van der Waals surface area contributed by atoms with E-state index in [1.165, 1.54) is 0 Å². The van der Waals surface area contributed by atoms with Gasteiger partial charge in [0.1, 0.15) is 0 Å². The van der Waals surface area contributed by atoms with Gasteiger partial charge in [-0.2, -0.15) is 0 Å². The van der Waals surface area contributed by atoms with E-state index in [0.717, 1.165) is 49.3 Å². The minimum absolute atomic E-state index is 0. The van der Waals surface area contributed by atoms with Crippen LogP contribution in [0.25, 0.3) is 0 Å². The van der Waals surface area contributed by atoms with E-state index in [1.807, 2.05) is 47.4 Å². The van der Waals surface area contributed by atoms with Gasteiger partial charge in [-0.05, 0) is 42.7 Å². The molecule has 1 aromatic heterocycles. The number of pyridine rings is 1. The number of benzene rings is 1. The fourth-order valence-electron chi connectivity index (χ4n) is 2.97. The summed E-state index contributed by atoms with van der Waals surface area (Å²) in [4.78, 5) is 22.7. The van der Waals surface area contributed by atoms with Crippen LogP contribution in [0.1, 0.15) is 24.1 Å². The number of hydrogen-bond acceptors (Lipinski definition) is 3. The number of aliphatic imine (C=N–C) groups is 1. The van der Waals surface area contributed by atoms with Gasteiger partial charge in [0.15, 0.2) is 5.96 Å². The maximum Gasteiger partial charge on any atom is 0.321 e. The van der Waals surface area contributed by atoms with E-state index >= 15 is 0 Å². The van der Waals surface area contributed by atoms with E-state index in [9.17, 15) is 4.79 Å². The lowest BCUT2D eigenvalue weighted by atomic mass is 10.2. The molecule has 1 aromatic carbocycles. The standard InChI is InChI=1S/C20H26N6O.HI/c21-19(23-11-9-17-7-1-2-10-22-17)24-15-16-6-5-8-18(14-16)25-20(27)26-12-3-4-13-26;/h1-2,5-8,10,14H,3-4,9,11-13,15H2,(H,25,27)(H3,21,23,24);1H. The van der Waals surface area contributed by atoms with Crippen LogP contribution in [0.4, 0.5) is 10.5 Å². The predicted molar refractivity (Wildman–Crippen MR) is 123 cm³/mol. The lowest BCUT2D eigenvalue weighted by molar-refractivity contribution is 0.222. The molecule has 0 bridgehead atoms. The Kier molecular flexibility index (Phi) is 8.99. The van der Waals surface area contributed by atoms with Gasteiger partial charge in [-0.15, -0.1) is 24.0 Å². The number of rotatable bonds is 6. The van der Waals surface area contributed by atoms with Crippen LogP contribution in [0, 0.1) is 0 Å². The first-order chi connectivity index (χ1) is 13.2. The molecule has 2 amide bonds. The van der Waals surface area contributed by atoms with E-state index in [2.05, 4.69) is 20.6 Å². The molecule has 2 heterocycles. The second kappa shape index (κ2) is 11.5. The van der Waals surface area contributed by atoms with Gasteiger partial charge in [0.2, 0.25) is 0 Å². The van der Waals surface area contributed by atoms with Gasteiger partial charge in [-0.3, -0.25) is 4.98 Å². The Balaban J connectivity index is 0.00000280. The summed E-state index contributed by atoms with van der Waals surface area (Å²) in [5.74, 6) is 0.400. The average Bonchev–Trinajstić information content (AvgIpc) is 3.23. The molecule has 1 aliphatic heterocycles. The fraction of sp³-hybridized carbons (Fsp3) is 0.350. The highest BCUT2D eigenvalue weighted by atomic mass is 127. The summed E-state index contributed by atoms with van der Waals surface area (Å²) in [6, 6.07) is 13.5. The van der Waals surface area contributed by atoms with Crippen LogP contribution in [0.2, 0.25) is 0 Å². The van der Waals surface area contributed by atoms with Gasteiger partial charge in [0, 0.05) is 43.6 Å². The summed E-state index contributed by atoms with van der Waals surface area (Å²) in [6.45, 7) is 2.79. The van der Waals surface area contributed by atoms with Gasteiger partial charge >= 0.3 is 6.03 Å². The van der Waals surface area contributed by atoms with E-state index in [1.54, 1.807) is 6.20 Å². The predicted octanol–water partition coefficient (Wildman–Crippen LogP) is 2.97. The van der Waals surface area contributed by atoms with Crippen molar-refractivity contribution in [2.45, 2.75) is 25.8 Å². The highest BCUT2D eigenvalue weighted by molar-refractivity contribution is 14.0. The smallest absolute Gasteiger partial charge is 0.321 e. The number of hydrogen-bond donors (Lipinski definition) is 3. The lowest BCUT2D eigenvalue weighted by Gasteiger charge is -2.16. The molecule has 1 aliphatic rings. The minimum atomic E-state index is -0.0381. The number of amides is 2. The van der Waals surface area contributed by atoms with E-state index in [4.69, 9.17) is 5.73 Å². The molecule has 7 nitrogen and oxygen atoms in total. The van der Waals surface area contributed by atoms with Crippen molar-refractivity contribution >= 4 is 41.7 Å². The second-order valence-electron chi connectivity index (χ2n) is 6.52. The topological polar surface area (TPSA) is 95.6 Å². The van der Waals surface area contributed by atoms with E-state index in [0.29, 0.717) is 19.0 Å². The Bertz CT molecular complexity index is 777. The van der Waals surface area contributed by atoms with Crippen LogP contribution in [0.5, 0.6) is 0 Å². The highest BCUT2D eigenvalue weighted by Gasteiger charge is 2.17. The third-order valence-electron chi connectivity index (χ3n) is 4.42. The van der Waals surface area contributed by atoms with Crippen molar-refractivity contribution < 1.29 is 4.79 Å². The zero-order valence-electron chi connectivity index (χ0n) is 15.8. The number of aromatic nitrogens is 1. The number of likely N-dealkylation sites (tertiary alicyclic amines) is 1. The molecular formula is C20H27IN6O. The Hall–Kier alpha value is -2.36. The molecule has 8 heteroatoms. The maximum atomic E-state index is 12.2. The molecule has 3 rings (SSSR count). The number of halogens is 1. The normalized spacial score (nSPS) is 13.7. The SMILES string of the molecule is I.NC(=NCc1cccc(NC(=O)N2CCCC2)c1)NCCc1ccccn1. The molecule has 0 atom stereocenters. The fourth-order valence-corrected chi connectivity index (χ4v) is 2.97. The number of nitrogens with two attached hydrogens (primary N) is 1. The first-order valence-electron chi connectivity index (χ1n) is 9.29. The average molecular weight is 494 g/mol. The molecule has 0 saturated carbocycles. The van der Waals surface area contributed by atoms with Crippen LogP contribution >= 0.6 is 24.0 Å². The molecule has 0 spiro atoms. The number of carbonyl (C=O) groups is 1.